The monoisotopic (exact) mass is 964 g/mol. The number of aromatic nitrogens is 2. The van der Waals surface area contributed by atoms with Gasteiger partial charge in [-0.1, -0.05) is 36.4 Å². The molecule has 4 aromatic rings. The Balaban J connectivity index is -0.00000216. The zero-order chi connectivity index (χ0) is 23.2. The molecule has 2 aromatic heterocycles. The number of hydrogen-bond acceptors (Lipinski definition) is 4. The van der Waals surface area contributed by atoms with Gasteiger partial charge in [-0.15, -0.1) is 67.9 Å². The number of aliphatic imine (C=N–C) groups is 2. The van der Waals surface area contributed by atoms with E-state index in [1.54, 1.807) is 12.4 Å². The summed E-state index contributed by atoms with van der Waals surface area (Å²) in [5, 5.41) is 0. The molecule has 2 aromatic carbocycles. The van der Waals surface area contributed by atoms with E-state index in [1.807, 2.05) is 48.8 Å². The standard InChI is InChI=1S/C29H28N4.4BrH.2Pd/c1-20-13-24(14-21(2)28(20)32-18-26-9-5-7-11-30-26)17-25-15-22(3)29(23(4)16-25)33-19-27-10-6-8-12-31-27;;;;;;/h5-16,18-19H,17H2,1-4H3;4*1H;;. The van der Waals surface area contributed by atoms with E-state index >= 15 is 0 Å². The molecule has 10 heteroatoms. The number of benzene rings is 2. The summed E-state index contributed by atoms with van der Waals surface area (Å²) < 4.78 is 0. The molecule has 39 heavy (non-hydrogen) atoms. The molecule has 4 rings (SSSR count). The van der Waals surface area contributed by atoms with Crippen molar-refractivity contribution in [3.8, 4) is 0 Å². The van der Waals surface area contributed by atoms with Gasteiger partial charge in [0, 0.05) is 53.2 Å². The molecular formula is C29H32Br4N4Pd2. The van der Waals surface area contributed by atoms with Crippen LogP contribution in [0.1, 0.15) is 44.8 Å². The van der Waals surface area contributed by atoms with Crippen LogP contribution in [-0.4, -0.2) is 22.4 Å². The molecule has 0 unspecified atom stereocenters. The van der Waals surface area contributed by atoms with E-state index in [1.165, 1.54) is 33.4 Å². The van der Waals surface area contributed by atoms with Crippen LogP contribution in [0.25, 0.3) is 0 Å². The predicted octanol–water partition coefficient (Wildman–Crippen LogP) is 9.11. The molecule has 0 aliphatic rings. The largest absolute Gasteiger partial charge is 0.255 e. The van der Waals surface area contributed by atoms with Crippen LogP contribution >= 0.6 is 67.9 Å². The SMILES string of the molecule is Br.Br.Br.Br.Cc1cc(Cc2cc(C)c(N=Cc3ccccn3)c(C)c2)cc(C)c1N=Cc1ccccn1.[Pd].[Pd]. The van der Waals surface area contributed by atoms with E-state index in [0.29, 0.717) is 0 Å². The Hall–Kier alpha value is -0.675. The Morgan fingerprint density at radius 1 is 0.564 bits per heavy atom. The van der Waals surface area contributed by atoms with Crippen LogP contribution in [-0.2, 0) is 47.3 Å². The smallest absolute Gasteiger partial charge is 0.0812 e. The molecule has 4 nitrogen and oxygen atoms in total. The van der Waals surface area contributed by atoms with E-state index in [4.69, 9.17) is 9.98 Å². The van der Waals surface area contributed by atoms with E-state index in [-0.39, 0.29) is 109 Å². The zero-order valence-corrected chi connectivity index (χ0v) is 31.8. The van der Waals surface area contributed by atoms with Gasteiger partial charge in [0.2, 0.25) is 0 Å². The molecule has 216 valence electrons. The summed E-state index contributed by atoms with van der Waals surface area (Å²) in [5.41, 5.74) is 11.0. The second-order valence-electron chi connectivity index (χ2n) is 8.36. The summed E-state index contributed by atoms with van der Waals surface area (Å²) in [4.78, 5) is 18.0. The molecule has 0 fully saturated rings. The van der Waals surface area contributed by atoms with Crippen molar-refractivity contribution >= 4 is 91.7 Å². The average Bonchev–Trinajstić information content (AvgIpc) is 2.79. The minimum atomic E-state index is 0. The maximum absolute atomic E-state index is 4.70. The van der Waals surface area contributed by atoms with E-state index in [0.717, 1.165) is 29.2 Å². The van der Waals surface area contributed by atoms with Crippen molar-refractivity contribution in [2.45, 2.75) is 34.1 Å². The average molecular weight is 969 g/mol. The minimum Gasteiger partial charge on any atom is -0.255 e. The van der Waals surface area contributed by atoms with Gasteiger partial charge < -0.3 is 0 Å². The molecular weight excluding hydrogens is 937 g/mol. The molecule has 0 N–H and O–H groups in total. The fraction of sp³-hybridized carbons (Fsp3) is 0.172. The quantitative estimate of drug-likeness (QED) is 0.143. The van der Waals surface area contributed by atoms with Crippen molar-refractivity contribution in [3.05, 3.63) is 118 Å². The van der Waals surface area contributed by atoms with Crippen LogP contribution in [0.15, 0.2) is 83.0 Å². The van der Waals surface area contributed by atoms with Gasteiger partial charge in [0.1, 0.15) is 0 Å². The third-order valence-corrected chi connectivity index (χ3v) is 5.54. The first-order valence-corrected chi connectivity index (χ1v) is 11.1. The van der Waals surface area contributed by atoms with E-state index < -0.39 is 0 Å². The fourth-order valence-electron chi connectivity index (χ4n) is 4.10. The molecule has 0 saturated heterocycles. The second kappa shape index (κ2) is 21.1. The van der Waals surface area contributed by atoms with Crippen LogP contribution in [0.4, 0.5) is 11.4 Å². The van der Waals surface area contributed by atoms with Gasteiger partial charge in [-0.3, -0.25) is 20.0 Å². The summed E-state index contributed by atoms with van der Waals surface area (Å²) in [6, 6.07) is 20.6. The molecule has 0 atom stereocenters. The van der Waals surface area contributed by atoms with Crippen molar-refractivity contribution in [1.29, 1.82) is 0 Å². The van der Waals surface area contributed by atoms with Gasteiger partial charge in [0.25, 0.3) is 0 Å². The third-order valence-electron chi connectivity index (χ3n) is 5.54. The number of nitrogens with zero attached hydrogens (tertiary/aromatic N) is 4. The summed E-state index contributed by atoms with van der Waals surface area (Å²) in [6.45, 7) is 8.47. The van der Waals surface area contributed by atoms with Crippen LogP contribution in [0, 0.1) is 27.7 Å². The number of rotatable bonds is 6. The van der Waals surface area contributed by atoms with Gasteiger partial charge >= 0.3 is 0 Å². The van der Waals surface area contributed by atoms with Crippen molar-refractivity contribution in [2.24, 2.45) is 9.98 Å². The normalized spacial score (nSPS) is 9.74. The first-order valence-electron chi connectivity index (χ1n) is 11.1. The number of hydrogen-bond donors (Lipinski definition) is 0. The van der Waals surface area contributed by atoms with Crippen LogP contribution in [0.5, 0.6) is 0 Å². The van der Waals surface area contributed by atoms with Crippen molar-refractivity contribution in [2.75, 3.05) is 0 Å². The van der Waals surface area contributed by atoms with Crippen LogP contribution in [0.3, 0.4) is 0 Å². The Kier molecular flexibility index (Phi) is 23.1. The molecule has 2 heterocycles. The molecule has 0 amide bonds. The second-order valence-corrected chi connectivity index (χ2v) is 8.36. The summed E-state index contributed by atoms with van der Waals surface area (Å²) >= 11 is 0. The molecule has 0 aliphatic carbocycles. The summed E-state index contributed by atoms with van der Waals surface area (Å²) in [5.74, 6) is 0. The summed E-state index contributed by atoms with van der Waals surface area (Å²) in [7, 11) is 0. The van der Waals surface area contributed by atoms with E-state index in [2.05, 4.69) is 61.9 Å². The van der Waals surface area contributed by atoms with Crippen molar-refractivity contribution in [3.63, 3.8) is 0 Å². The minimum absolute atomic E-state index is 0. The predicted molar refractivity (Wildman–Crippen MR) is 179 cm³/mol. The Labute approximate surface area is 301 Å². The first-order chi connectivity index (χ1) is 16.0. The molecule has 0 bridgehead atoms. The first kappa shape index (κ1) is 42.8. The Morgan fingerprint density at radius 3 is 1.18 bits per heavy atom. The van der Waals surface area contributed by atoms with Crippen LogP contribution < -0.4 is 0 Å². The fourth-order valence-corrected chi connectivity index (χ4v) is 4.10. The summed E-state index contributed by atoms with van der Waals surface area (Å²) in [6.07, 6.45) is 8.09. The maximum atomic E-state index is 4.70. The van der Waals surface area contributed by atoms with Crippen molar-refractivity contribution in [1.82, 2.24) is 9.97 Å². The van der Waals surface area contributed by atoms with Gasteiger partial charge in [0.15, 0.2) is 0 Å². The topological polar surface area (TPSA) is 50.5 Å². The molecule has 0 radical (unpaired) electrons. The third kappa shape index (κ3) is 12.4. The van der Waals surface area contributed by atoms with E-state index in [9.17, 15) is 0 Å². The zero-order valence-electron chi connectivity index (χ0n) is 21.8. The Bertz CT molecular complexity index is 1190. The van der Waals surface area contributed by atoms with Gasteiger partial charge in [-0.2, -0.15) is 0 Å². The van der Waals surface area contributed by atoms with Crippen LogP contribution in [0.2, 0.25) is 0 Å². The number of pyridine rings is 2. The van der Waals surface area contributed by atoms with Crippen molar-refractivity contribution < 1.29 is 40.8 Å². The number of aryl methyl sites for hydroxylation is 4. The van der Waals surface area contributed by atoms with Gasteiger partial charge in [-0.05, 0) is 91.8 Å². The molecule has 0 aliphatic heterocycles. The number of halogens is 4. The van der Waals surface area contributed by atoms with Gasteiger partial charge in [-0.25, -0.2) is 0 Å². The molecule has 0 spiro atoms. The maximum Gasteiger partial charge on any atom is 0.0812 e. The molecule has 0 saturated carbocycles. The Morgan fingerprint density at radius 2 is 0.897 bits per heavy atom. The van der Waals surface area contributed by atoms with Gasteiger partial charge in [0.05, 0.1) is 35.2 Å².